The number of nitrogens with one attached hydrogen (secondary N) is 1. The van der Waals surface area contributed by atoms with Crippen LogP contribution in [0.4, 0.5) is 4.79 Å². The van der Waals surface area contributed by atoms with E-state index in [0.29, 0.717) is 69.8 Å². The smallest absolute Gasteiger partial charge is 0.407 e. The van der Waals surface area contributed by atoms with Gasteiger partial charge in [0.05, 0.1) is 48.3 Å². The van der Waals surface area contributed by atoms with Crippen molar-refractivity contribution in [3.8, 4) is 45.3 Å². The van der Waals surface area contributed by atoms with Crippen molar-refractivity contribution in [2.75, 3.05) is 40.4 Å². The van der Waals surface area contributed by atoms with Gasteiger partial charge >= 0.3 is 6.09 Å². The summed E-state index contributed by atoms with van der Waals surface area (Å²) in [5.41, 5.74) is 6.19. The maximum atomic E-state index is 12.6. The Hall–Kier alpha value is -4.42. The topological polar surface area (TPSA) is 126 Å². The van der Waals surface area contributed by atoms with Crippen molar-refractivity contribution in [1.29, 1.82) is 0 Å². The minimum absolute atomic E-state index is 0.0287. The van der Waals surface area contributed by atoms with E-state index in [1.165, 1.54) is 7.11 Å². The average molecular weight is 761 g/mol. The Kier molecular flexibility index (Phi) is 10.8. The number of amides is 2. The molecule has 2 N–H and O–H groups in total. The molecule has 4 heterocycles. The number of piperidine rings is 1. The summed E-state index contributed by atoms with van der Waals surface area (Å²) in [7, 11) is 3.19. The molecule has 0 unspecified atom stereocenters. The van der Waals surface area contributed by atoms with Gasteiger partial charge in [-0.05, 0) is 37.1 Å². The molecule has 0 radical (unpaired) electrons. The highest BCUT2D eigenvalue weighted by molar-refractivity contribution is 6.39. The quantitative estimate of drug-likeness (QED) is 0.176. The number of halogens is 2. The molecule has 1 spiro atoms. The number of carbonyl (C=O) groups is 2. The lowest BCUT2D eigenvalue weighted by Crippen LogP contribution is -2.63. The first-order chi connectivity index (χ1) is 25.6. The van der Waals surface area contributed by atoms with Gasteiger partial charge in [0.15, 0.2) is 0 Å². The predicted octanol–water partition coefficient (Wildman–Crippen LogP) is 7.00. The average Bonchev–Trinajstić information content (AvgIpc) is 3.13. The summed E-state index contributed by atoms with van der Waals surface area (Å²) in [5, 5.41) is 13.5. The maximum Gasteiger partial charge on any atom is 0.407 e. The Morgan fingerprint density at radius 1 is 0.943 bits per heavy atom. The molecular weight excluding hydrogens is 717 g/mol. The summed E-state index contributed by atoms with van der Waals surface area (Å²) in [5.74, 6) is 1.14. The van der Waals surface area contributed by atoms with Crippen LogP contribution in [0.5, 0.6) is 11.6 Å². The SMILES string of the molecule is COc1cc(-c2nccc(-c3cccc(-c4ccc(CNC(=O)OC5CCN(C(C)=O)CC5)c(OC)n4)c3Cl)c2Cl)ccc1CN1CC2(CC(O)C2)C1. The zero-order valence-electron chi connectivity index (χ0n) is 30.0. The third kappa shape index (κ3) is 7.80. The summed E-state index contributed by atoms with van der Waals surface area (Å²) in [6.45, 7) is 5.61. The molecule has 4 aromatic rings. The number of aromatic nitrogens is 2. The minimum atomic E-state index is -0.535. The molecule has 2 aromatic carbocycles. The van der Waals surface area contributed by atoms with Crippen molar-refractivity contribution < 1.29 is 28.9 Å². The second-order valence-corrected chi connectivity index (χ2v) is 15.0. The third-order valence-corrected chi connectivity index (χ3v) is 11.4. The molecule has 0 atom stereocenters. The van der Waals surface area contributed by atoms with E-state index in [1.807, 2.05) is 48.5 Å². The van der Waals surface area contributed by atoms with E-state index in [4.69, 9.17) is 42.4 Å². The van der Waals surface area contributed by atoms with E-state index in [2.05, 4.69) is 21.3 Å². The Labute approximate surface area is 319 Å². The van der Waals surface area contributed by atoms with E-state index < -0.39 is 6.09 Å². The van der Waals surface area contributed by atoms with Gasteiger partial charge in [0, 0.05) is 97.5 Å². The lowest BCUT2D eigenvalue weighted by atomic mass is 9.62. The first kappa shape index (κ1) is 36.9. The van der Waals surface area contributed by atoms with Crippen LogP contribution in [0.3, 0.4) is 0 Å². The van der Waals surface area contributed by atoms with Crippen molar-refractivity contribution in [2.45, 2.75) is 57.9 Å². The number of hydrogen-bond acceptors (Lipinski definition) is 9. The standard InChI is InChI=1S/C40H43Cl2N5O6/c1-24(48)47-15-12-29(13-16-47)53-39(50)44-20-26-9-10-33(45-38(26)52-3)32-6-4-5-30(35(32)41)31-11-14-43-37(36(31)42)25-7-8-27(34(17-25)51-2)21-46-22-40(23-46)18-28(49)19-40/h4-11,14,17,28-29,49H,12-13,15-16,18-23H2,1-3H3,(H,44,50). The number of pyridine rings is 2. The largest absolute Gasteiger partial charge is 0.496 e. The van der Waals surface area contributed by atoms with E-state index >= 15 is 0 Å². The number of methoxy groups -OCH3 is 2. The zero-order chi connectivity index (χ0) is 37.3. The van der Waals surface area contributed by atoms with Crippen LogP contribution in [0.25, 0.3) is 33.6 Å². The second kappa shape index (κ2) is 15.5. The molecule has 13 heteroatoms. The first-order valence-electron chi connectivity index (χ1n) is 17.8. The van der Waals surface area contributed by atoms with E-state index in [1.54, 1.807) is 25.1 Å². The number of rotatable bonds is 10. The van der Waals surface area contributed by atoms with Crippen LogP contribution in [0.1, 0.15) is 43.7 Å². The number of benzene rings is 2. The van der Waals surface area contributed by atoms with E-state index in [9.17, 15) is 14.7 Å². The van der Waals surface area contributed by atoms with Gasteiger partial charge < -0.3 is 29.5 Å². The highest BCUT2D eigenvalue weighted by Gasteiger charge is 2.51. The molecule has 2 saturated heterocycles. The summed E-state index contributed by atoms with van der Waals surface area (Å²) in [6.07, 6.45) is 3.80. The Bertz CT molecular complexity index is 2010. The van der Waals surface area contributed by atoms with Crippen LogP contribution in [-0.4, -0.2) is 89.5 Å². The molecule has 11 nitrogen and oxygen atoms in total. The van der Waals surface area contributed by atoms with Crippen molar-refractivity contribution in [2.24, 2.45) is 5.41 Å². The van der Waals surface area contributed by atoms with Gasteiger partial charge in [0.1, 0.15) is 11.9 Å². The van der Waals surface area contributed by atoms with Crippen LogP contribution in [0.2, 0.25) is 10.0 Å². The Morgan fingerprint density at radius 3 is 2.36 bits per heavy atom. The molecule has 3 fully saturated rings. The van der Waals surface area contributed by atoms with E-state index in [0.717, 1.165) is 60.5 Å². The molecule has 0 bridgehead atoms. The van der Waals surface area contributed by atoms with Crippen LogP contribution < -0.4 is 14.8 Å². The van der Waals surface area contributed by atoms with Gasteiger partial charge in [0.25, 0.3) is 0 Å². The molecule has 2 aliphatic heterocycles. The van der Waals surface area contributed by atoms with Gasteiger partial charge in [-0.2, -0.15) is 0 Å². The van der Waals surface area contributed by atoms with E-state index in [-0.39, 0.29) is 24.7 Å². The normalized spacial score (nSPS) is 17.2. The predicted molar refractivity (Wildman–Crippen MR) is 203 cm³/mol. The highest BCUT2D eigenvalue weighted by Crippen LogP contribution is 2.49. The second-order valence-electron chi connectivity index (χ2n) is 14.3. The first-order valence-corrected chi connectivity index (χ1v) is 18.6. The van der Waals surface area contributed by atoms with Gasteiger partial charge in [-0.25, -0.2) is 9.78 Å². The fraction of sp³-hybridized carbons (Fsp3) is 0.400. The van der Waals surface area contributed by atoms with Crippen LogP contribution in [-0.2, 0) is 22.6 Å². The van der Waals surface area contributed by atoms with Crippen molar-refractivity contribution in [3.05, 3.63) is 82.0 Å². The Morgan fingerprint density at radius 2 is 1.66 bits per heavy atom. The maximum absolute atomic E-state index is 12.6. The Balaban J connectivity index is 1.05. The third-order valence-electron chi connectivity index (χ3n) is 10.6. The fourth-order valence-corrected chi connectivity index (χ4v) is 8.49. The fourth-order valence-electron chi connectivity index (χ4n) is 7.85. The molecule has 53 heavy (non-hydrogen) atoms. The minimum Gasteiger partial charge on any atom is -0.496 e. The number of nitrogens with zero attached hydrogens (tertiary/aromatic N) is 4. The monoisotopic (exact) mass is 759 g/mol. The number of hydrogen-bond donors (Lipinski definition) is 2. The molecule has 278 valence electrons. The van der Waals surface area contributed by atoms with Crippen molar-refractivity contribution in [1.82, 2.24) is 25.1 Å². The van der Waals surface area contributed by atoms with Crippen molar-refractivity contribution >= 4 is 35.2 Å². The molecule has 2 aromatic heterocycles. The van der Waals surface area contributed by atoms with Gasteiger partial charge in [-0.15, -0.1) is 0 Å². The lowest BCUT2D eigenvalue weighted by molar-refractivity contribution is -0.131. The number of likely N-dealkylation sites (tertiary alicyclic amines) is 2. The van der Waals surface area contributed by atoms with Crippen LogP contribution in [0.15, 0.2) is 60.8 Å². The number of alkyl carbamates (subject to hydrolysis) is 1. The lowest BCUT2D eigenvalue weighted by Gasteiger charge is -2.58. The number of aliphatic hydroxyl groups is 1. The van der Waals surface area contributed by atoms with Gasteiger partial charge in [0.2, 0.25) is 11.8 Å². The molecule has 3 aliphatic rings. The van der Waals surface area contributed by atoms with Gasteiger partial charge in [-0.1, -0.05) is 53.5 Å². The van der Waals surface area contributed by atoms with Crippen LogP contribution in [0, 0.1) is 5.41 Å². The van der Waals surface area contributed by atoms with Gasteiger partial charge in [-0.3, -0.25) is 14.7 Å². The number of ether oxygens (including phenoxy) is 3. The molecule has 7 rings (SSSR count). The summed E-state index contributed by atoms with van der Waals surface area (Å²) in [4.78, 5) is 37.7. The number of aliphatic hydroxyl groups excluding tert-OH is 1. The van der Waals surface area contributed by atoms with Crippen LogP contribution >= 0.6 is 23.2 Å². The van der Waals surface area contributed by atoms with Crippen molar-refractivity contribution in [3.63, 3.8) is 0 Å². The molecular formula is C40H43Cl2N5O6. The number of carbonyl (C=O) groups excluding carboxylic acids is 2. The highest BCUT2D eigenvalue weighted by atomic mass is 35.5. The molecule has 2 amide bonds. The summed E-state index contributed by atoms with van der Waals surface area (Å²) >= 11 is 14.2. The zero-order valence-corrected chi connectivity index (χ0v) is 31.5. The molecule has 1 aliphatic carbocycles. The summed E-state index contributed by atoms with van der Waals surface area (Å²) in [6, 6.07) is 17.2. The molecule has 1 saturated carbocycles. The summed E-state index contributed by atoms with van der Waals surface area (Å²) < 4.78 is 17.0.